The number of carbonyl (C=O) groups excluding carboxylic acids is 1. The van der Waals surface area contributed by atoms with Gasteiger partial charge in [0.1, 0.15) is 17.1 Å². The molecule has 0 saturated heterocycles. The summed E-state index contributed by atoms with van der Waals surface area (Å²) in [4.78, 5) is 14.6. The fraction of sp³-hybridized carbons (Fsp3) is 0.250. The average molecular weight is 325 g/mol. The number of methoxy groups -OCH3 is 1. The second-order valence-electron chi connectivity index (χ2n) is 5.95. The number of ether oxygens (including phenoxy) is 1. The minimum absolute atomic E-state index is 0.0324. The summed E-state index contributed by atoms with van der Waals surface area (Å²) in [6.45, 7) is 3.62. The number of benzene rings is 2. The maximum atomic E-state index is 12.6. The summed E-state index contributed by atoms with van der Waals surface area (Å²) in [7, 11) is 5.45. The number of nitrogens with zero attached hydrogens (tertiary/aromatic N) is 1. The maximum absolute atomic E-state index is 12.6. The molecule has 2 rings (SSSR count). The number of ketones is 1. The summed E-state index contributed by atoms with van der Waals surface area (Å²) in [6, 6.07) is 9.65. The molecule has 0 spiro atoms. The lowest BCUT2D eigenvalue weighted by atomic mass is 9.99. The highest BCUT2D eigenvalue weighted by Gasteiger charge is 2.19. The van der Waals surface area contributed by atoms with E-state index in [1.54, 1.807) is 19.1 Å². The first-order valence-electron chi connectivity index (χ1n) is 7.72. The van der Waals surface area contributed by atoms with E-state index in [1.807, 2.05) is 50.2 Å². The van der Waals surface area contributed by atoms with Gasteiger partial charge in [0.05, 0.1) is 7.11 Å². The molecule has 2 aromatic carbocycles. The van der Waals surface area contributed by atoms with Gasteiger partial charge < -0.3 is 14.7 Å². The Labute approximate surface area is 143 Å². The Bertz CT molecular complexity index is 774. The molecule has 0 aliphatic rings. The predicted molar refractivity (Wildman–Crippen MR) is 98.3 cm³/mol. The van der Waals surface area contributed by atoms with Gasteiger partial charge in [-0.15, -0.1) is 0 Å². The molecular weight excluding hydrogens is 302 g/mol. The van der Waals surface area contributed by atoms with Crippen LogP contribution in [0.3, 0.4) is 0 Å². The quantitative estimate of drug-likeness (QED) is 0.667. The fourth-order valence-corrected chi connectivity index (χ4v) is 2.59. The third-order valence-corrected chi connectivity index (χ3v) is 3.92. The van der Waals surface area contributed by atoms with Crippen LogP contribution in [0.4, 0.5) is 5.69 Å². The monoisotopic (exact) mass is 325 g/mol. The highest BCUT2D eigenvalue weighted by Crippen LogP contribution is 2.34. The minimum Gasteiger partial charge on any atom is -0.507 e. The average Bonchev–Trinajstić information content (AvgIpc) is 2.56. The van der Waals surface area contributed by atoms with Crippen molar-refractivity contribution in [3.05, 3.63) is 58.7 Å². The Hall–Kier alpha value is -2.75. The molecule has 126 valence electrons. The number of rotatable bonds is 5. The van der Waals surface area contributed by atoms with Crippen molar-refractivity contribution in [2.75, 3.05) is 26.1 Å². The molecule has 0 heterocycles. The number of phenolic OH excluding ortho intramolecular Hbond substituents is 1. The normalized spacial score (nSPS) is 10.9. The number of phenols is 1. The van der Waals surface area contributed by atoms with Crippen molar-refractivity contribution in [1.82, 2.24) is 0 Å². The zero-order valence-electron chi connectivity index (χ0n) is 14.8. The molecule has 0 aliphatic carbocycles. The Kier molecular flexibility index (Phi) is 5.29. The highest BCUT2D eigenvalue weighted by molar-refractivity contribution is 6.11. The van der Waals surface area contributed by atoms with Gasteiger partial charge in [0.25, 0.3) is 0 Å². The molecule has 4 nitrogen and oxygen atoms in total. The van der Waals surface area contributed by atoms with Crippen LogP contribution in [0, 0.1) is 13.8 Å². The molecule has 1 N–H and O–H groups in total. The predicted octanol–water partition coefficient (Wildman–Crippen LogP) is 3.98. The highest BCUT2D eigenvalue weighted by atomic mass is 16.5. The van der Waals surface area contributed by atoms with Crippen LogP contribution in [0.5, 0.6) is 11.5 Å². The van der Waals surface area contributed by atoms with Gasteiger partial charge in [-0.3, -0.25) is 4.79 Å². The first kappa shape index (κ1) is 17.6. The number of carbonyl (C=O) groups is 1. The first-order chi connectivity index (χ1) is 11.3. The second kappa shape index (κ2) is 7.21. The van der Waals surface area contributed by atoms with Crippen molar-refractivity contribution in [2.24, 2.45) is 0 Å². The van der Waals surface area contributed by atoms with E-state index >= 15 is 0 Å². The second-order valence-corrected chi connectivity index (χ2v) is 5.95. The zero-order chi connectivity index (χ0) is 17.9. The smallest absolute Gasteiger partial charge is 0.193 e. The van der Waals surface area contributed by atoms with E-state index in [2.05, 4.69) is 0 Å². The van der Waals surface area contributed by atoms with E-state index in [4.69, 9.17) is 4.74 Å². The number of hydrogen-bond donors (Lipinski definition) is 1. The van der Waals surface area contributed by atoms with Gasteiger partial charge in [0.15, 0.2) is 5.78 Å². The molecule has 0 fully saturated rings. The lowest BCUT2D eigenvalue weighted by molar-refractivity contribution is 0.104. The van der Waals surface area contributed by atoms with Crippen LogP contribution < -0.4 is 9.64 Å². The van der Waals surface area contributed by atoms with Crippen molar-refractivity contribution in [3.8, 4) is 11.5 Å². The van der Waals surface area contributed by atoms with E-state index < -0.39 is 0 Å². The van der Waals surface area contributed by atoms with Crippen molar-refractivity contribution in [1.29, 1.82) is 0 Å². The number of aromatic hydroxyl groups is 1. The molecular formula is C20H23NO3. The van der Waals surface area contributed by atoms with Gasteiger partial charge in [-0.2, -0.15) is 0 Å². The molecule has 4 heteroatoms. The van der Waals surface area contributed by atoms with E-state index in [0.29, 0.717) is 11.3 Å². The van der Waals surface area contributed by atoms with Crippen LogP contribution in [0.15, 0.2) is 36.4 Å². The van der Waals surface area contributed by atoms with Crippen LogP contribution in [-0.4, -0.2) is 32.1 Å². The summed E-state index contributed by atoms with van der Waals surface area (Å²) in [5.74, 6) is 0.0959. The van der Waals surface area contributed by atoms with Crippen LogP contribution in [0.25, 0.3) is 6.08 Å². The van der Waals surface area contributed by atoms with E-state index in [9.17, 15) is 9.90 Å². The third kappa shape index (κ3) is 3.59. The summed E-state index contributed by atoms with van der Waals surface area (Å²) in [5.41, 5.74) is 3.68. The largest absolute Gasteiger partial charge is 0.507 e. The zero-order valence-corrected chi connectivity index (χ0v) is 14.8. The summed E-state index contributed by atoms with van der Waals surface area (Å²) < 4.78 is 5.31. The summed E-state index contributed by atoms with van der Waals surface area (Å²) in [6.07, 6.45) is 3.19. The molecule has 0 saturated carbocycles. The maximum Gasteiger partial charge on any atom is 0.193 e. The Balaban J connectivity index is 2.33. The van der Waals surface area contributed by atoms with Gasteiger partial charge in [-0.1, -0.05) is 18.2 Å². The Morgan fingerprint density at radius 2 is 1.75 bits per heavy atom. The molecule has 0 bridgehead atoms. The van der Waals surface area contributed by atoms with Crippen LogP contribution in [0.1, 0.15) is 27.0 Å². The van der Waals surface area contributed by atoms with Gasteiger partial charge >= 0.3 is 0 Å². The SMILES string of the molecule is COc1c(C)cc(C)c(O)c1C(=O)/C=C/c1ccc(N(C)C)cc1. The number of allylic oxidation sites excluding steroid dienone is 1. The molecule has 24 heavy (non-hydrogen) atoms. The van der Waals surface area contributed by atoms with Crippen molar-refractivity contribution in [2.45, 2.75) is 13.8 Å². The first-order valence-corrected chi connectivity index (χ1v) is 7.72. The number of anilines is 1. The summed E-state index contributed by atoms with van der Waals surface area (Å²) in [5, 5.41) is 10.3. The summed E-state index contributed by atoms with van der Waals surface area (Å²) >= 11 is 0. The number of hydrogen-bond acceptors (Lipinski definition) is 4. The Morgan fingerprint density at radius 1 is 1.12 bits per heavy atom. The van der Waals surface area contributed by atoms with Crippen LogP contribution in [0.2, 0.25) is 0 Å². The molecule has 0 radical (unpaired) electrons. The van der Waals surface area contributed by atoms with Crippen molar-refractivity contribution in [3.63, 3.8) is 0 Å². The Morgan fingerprint density at radius 3 is 2.29 bits per heavy atom. The van der Waals surface area contributed by atoms with Crippen molar-refractivity contribution >= 4 is 17.5 Å². The van der Waals surface area contributed by atoms with E-state index in [0.717, 1.165) is 16.8 Å². The lowest BCUT2D eigenvalue weighted by Crippen LogP contribution is -2.07. The van der Waals surface area contributed by atoms with Gasteiger partial charge in [-0.05, 0) is 54.8 Å². The standard InChI is InChI=1S/C20H23NO3/c1-13-12-14(2)20(24-5)18(19(13)23)17(22)11-8-15-6-9-16(10-7-15)21(3)4/h6-12,23H,1-5H3/b11-8+. The minimum atomic E-state index is -0.284. The fourth-order valence-electron chi connectivity index (χ4n) is 2.59. The van der Waals surface area contributed by atoms with E-state index in [1.165, 1.54) is 13.2 Å². The van der Waals surface area contributed by atoms with E-state index in [-0.39, 0.29) is 17.1 Å². The van der Waals surface area contributed by atoms with Crippen LogP contribution in [-0.2, 0) is 0 Å². The van der Waals surface area contributed by atoms with Gasteiger partial charge in [0.2, 0.25) is 0 Å². The topological polar surface area (TPSA) is 49.8 Å². The lowest BCUT2D eigenvalue weighted by Gasteiger charge is -2.13. The molecule has 0 aromatic heterocycles. The van der Waals surface area contributed by atoms with Crippen molar-refractivity contribution < 1.29 is 14.6 Å². The molecule has 0 aliphatic heterocycles. The van der Waals surface area contributed by atoms with Gasteiger partial charge in [0, 0.05) is 19.8 Å². The molecule has 0 amide bonds. The molecule has 2 aromatic rings. The third-order valence-electron chi connectivity index (χ3n) is 3.92. The van der Waals surface area contributed by atoms with Crippen LogP contribution >= 0.6 is 0 Å². The van der Waals surface area contributed by atoms with Gasteiger partial charge in [-0.25, -0.2) is 0 Å². The molecule has 0 unspecified atom stereocenters. The number of aryl methyl sites for hydroxylation is 2. The molecule has 0 atom stereocenters.